The van der Waals surface area contributed by atoms with E-state index in [1.807, 2.05) is 18.2 Å². The number of guanidine groups is 1. The minimum absolute atomic E-state index is 0. The summed E-state index contributed by atoms with van der Waals surface area (Å²) in [6.45, 7) is 3.02. The summed E-state index contributed by atoms with van der Waals surface area (Å²) in [7, 11) is 1.72. The maximum Gasteiger partial charge on any atom is 0.194 e. The molecule has 0 spiro atoms. The van der Waals surface area contributed by atoms with E-state index in [4.69, 9.17) is 0 Å². The van der Waals surface area contributed by atoms with E-state index < -0.39 is 11.6 Å². The second kappa shape index (κ2) is 9.15. The van der Waals surface area contributed by atoms with Gasteiger partial charge in [0.1, 0.15) is 17.4 Å². The van der Waals surface area contributed by atoms with Crippen LogP contribution < -0.4 is 10.2 Å². The summed E-state index contributed by atoms with van der Waals surface area (Å²) < 4.78 is 28.0. The lowest BCUT2D eigenvalue weighted by atomic mass is 10.1. The van der Waals surface area contributed by atoms with Crippen molar-refractivity contribution < 1.29 is 13.9 Å². The maximum atomic E-state index is 14.0. The summed E-state index contributed by atoms with van der Waals surface area (Å²) in [5.74, 6) is -0.103. The summed E-state index contributed by atoms with van der Waals surface area (Å²) in [4.78, 5) is 8.65. The Morgan fingerprint density at radius 3 is 2.31 bits per heavy atom. The number of hydrogen-bond donors (Lipinski definition) is 2. The summed E-state index contributed by atoms with van der Waals surface area (Å²) in [6, 6.07) is 11.3. The Morgan fingerprint density at radius 2 is 1.69 bits per heavy atom. The minimum atomic E-state index is -0.486. The van der Waals surface area contributed by atoms with Gasteiger partial charge in [0, 0.05) is 50.7 Å². The highest BCUT2D eigenvalue weighted by atomic mass is 127. The van der Waals surface area contributed by atoms with Crippen molar-refractivity contribution >= 4 is 35.6 Å². The molecule has 2 atom stereocenters. The van der Waals surface area contributed by atoms with Crippen molar-refractivity contribution in [3.05, 3.63) is 59.7 Å². The molecule has 156 valence electrons. The minimum Gasteiger partial charge on any atom is -0.506 e. The number of benzene rings is 2. The van der Waals surface area contributed by atoms with E-state index in [1.54, 1.807) is 13.1 Å². The fourth-order valence-electron chi connectivity index (χ4n) is 3.89. The second-order valence-electron chi connectivity index (χ2n) is 7.24. The van der Waals surface area contributed by atoms with Gasteiger partial charge in [-0.05, 0) is 30.7 Å². The number of halogens is 3. The zero-order valence-electron chi connectivity index (χ0n) is 16.2. The Balaban J connectivity index is 0.00000240. The molecule has 0 aromatic heterocycles. The predicted octanol–water partition coefficient (Wildman–Crippen LogP) is 3.54. The maximum absolute atomic E-state index is 14.0. The van der Waals surface area contributed by atoms with Gasteiger partial charge in [0.25, 0.3) is 0 Å². The third kappa shape index (κ3) is 4.57. The first-order valence-electron chi connectivity index (χ1n) is 9.53. The number of piperazine rings is 1. The van der Waals surface area contributed by atoms with Crippen LogP contribution in [0.5, 0.6) is 5.75 Å². The SMILES string of the molecule is CN=C(NC1CC1c1c(F)cccc1F)N1CCN(c2ccccc2O)CC1.I. The number of aliphatic imine (C=N–C) groups is 1. The number of para-hydroxylation sites is 2. The first-order chi connectivity index (χ1) is 13.6. The first-order valence-corrected chi connectivity index (χ1v) is 9.53. The molecule has 2 fully saturated rings. The molecule has 2 unspecified atom stereocenters. The van der Waals surface area contributed by atoms with Crippen LogP contribution in [0.4, 0.5) is 14.5 Å². The van der Waals surface area contributed by atoms with Crippen molar-refractivity contribution in [3.63, 3.8) is 0 Å². The van der Waals surface area contributed by atoms with Gasteiger partial charge in [0.05, 0.1) is 5.69 Å². The van der Waals surface area contributed by atoms with Crippen molar-refractivity contribution in [2.75, 3.05) is 38.1 Å². The zero-order valence-corrected chi connectivity index (χ0v) is 18.5. The van der Waals surface area contributed by atoms with Gasteiger partial charge in [-0.25, -0.2) is 8.78 Å². The molecule has 1 aliphatic carbocycles. The molecule has 1 saturated carbocycles. The van der Waals surface area contributed by atoms with E-state index in [-0.39, 0.29) is 47.2 Å². The molecule has 8 heteroatoms. The monoisotopic (exact) mass is 514 g/mol. The van der Waals surface area contributed by atoms with Crippen LogP contribution in [0.15, 0.2) is 47.5 Å². The van der Waals surface area contributed by atoms with E-state index >= 15 is 0 Å². The van der Waals surface area contributed by atoms with E-state index in [1.165, 1.54) is 18.2 Å². The Hall–Kier alpha value is -2.10. The molecule has 5 nitrogen and oxygen atoms in total. The number of rotatable bonds is 3. The summed E-state index contributed by atoms with van der Waals surface area (Å²) in [5.41, 5.74) is 1.00. The van der Waals surface area contributed by atoms with Crippen molar-refractivity contribution in [1.82, 2.24) is 10.2 Å². The lowest BCUT2D eigenvalue weighted by molar-refractivity contribution is 0.369. The lowest BCUT2D eigenvalue weighted by Crippen LogP contribution is -2.53. The molecule has 1 heterocycles. The third-order valence-corrected chi connectivity index (χ3v) is 5.49. The van der Waals surface area contributed by atoms with Crippen molar-refractivity contribution in [3.8, 4) is 5.75 Å². The standard InChI is InChI=1S/C21H24F2N4O.HI/c1-24-21(25-17-13-14(17)20-15(22)5-4-6-16(20)23)27-11-9-26(10-12-27)18-7-2-3-8-19(18)28;/h2-8,14,17,28H,9-13H2,1H3,(H,24,25);1H. The Labute approximate surface area is 186 Å². The molecule has 2 aromatic rings. The molecular formula is C21H25F2IN4O. The van der Waals surface area contributed by atoms with Crippen molar-refractivity contribution in [2.24, 2.45) is 4.99 Å². The number of aromatic hydroxyl groups is 1. The average Bonchev–Trinajstić information content (AvgIpc) is 3.45. The second-order valence-corrected chi connectivity index (χ2v) is 7.24. The van der Waals surface area contributed by atoms with Gasteiger partial charge in [-0.1, -0.05) is 18.2 Å². The highest BCUT2D eigenvalue weighted by Crippen LogP contribution is 2.43. The van der Waals surface area contributed by atoms with Crippen LogP contribution in [0.3, 0.4) is 0 Å². The summed E-state index contributed by atoms with van der Waals surface area (Å²) >= 11 is 0. The molecule has 0 bridgehead atoms. The number of phenolic OH excluding ortho intramolecular Hbond substituents is 1. The number of anilines is 1. The predicted molar refractivity (Wildman–Crippen MR) is 121 cm³/mol. The molecule has 2 aliphatic rings. The van der Waals surface area contributed by atoms with Crippen LogP contribution in [0.25, 0.3) is 0 Å². The zero-order chi connectivity index (χ0) is 19.7. The molecule has 1 aliphatic heterocycles. The molecule has 29 heavy (non-hydrogen) atoms. The number of nitrogens with zero attached hydrogens (tertiary/aromatic N) is 3. The average molecular weight is 514 g/mol. The van der Waals surface area contributed by atoms with Crippen molar-refractivity contribution in [2.45, 2.75) is 18.4 Å². The Bertz CT molecular complexity index is 866. The molecule has 4 rings (SSSR count). The number of hydrogen-bond acceptors (Lipinski definition) is 3. The van der Waals surface area contributed by atoms with Crippen LogP contribution in [0.1, 0.15) is 17.9 Å². The van der Waals surface area contributed by atoms with Gasteiger partial charge in [0.15, 0.2) is 5.96 Å². The van der Waals surface area contributed by atoms with Crippen molar-refractivity contribution in [1.29, 1.82) is 0 Å². The molecule has 2 N–H and O–H groups in total. The highest BCUT2D eigenvalue weighted by molar-refractivity contribution is 14.0. The van der Waals surface area contributed by atoms with Gasteiger partial charge in [-0.3, -0.25) is 4.99 Å². The van der Waals surface area contributed by atoms with Crippen LogP contribution >= 0.6 is 24.0 Å². The molecule has 0 amide bonds. The van der Waals surface area contributed by atoms with Crippen LogP contribution in [-0.2, 0) is 0 Å². The molecule has 0 radical (unpaired) electrons. The van der Waals surface area contributed by atoms with Crippen LogP contribution in [0.2, 0.25) is 0 Å². The Morgan fingerprint density at radius 1 is 1.03 bits per heavy atom. The lowest BCUT2D eigenvalue weighted by Gasteiger charge is -2.38. The van der Waals surface area contributed by atoms with E-state index in [9.17, 15) is 13.9 Å². The normalized spacial score (nSPS) is 21.6. The van der Waals surface area contributed by atoms with E-state index in [2.05, 4.69) is 20.1 Å². The van der Waals surface area contributed by atoms with Gasteiger partial charge < -0.3 is 20.2 Å². The largest absolute Gasteiger partial charge is 0.506 e. The number of nitrogens with one attached hydrogen (secondary N) is 1. The Kier molecular flexibility index (Phi) is 6.81. The molecular weight excluding hydrogens is 489 g/mol. The number of phenols is 1. The summed E-state index contributed by atoms with van der Waals surface area (Å²) in [6.07, 6.45) is 0.689. The summed E-state index contributed by atoms with van der Waals surface area (Å²) in [5, 5.41) is 13.4. The van der Waals surface area contributed by atoms with Gasteiger partial charge in [0.2, 0.25) is 0 Å². The van der Waals surface area contributed by atoms with Gasteiger partial charge in [-0.15, -0.1) is 24.0 Å². The van der Waals surface area contributed by atoms with E-state index in [0.29, 0.717) is 6.42 Å². The fourth-order valence-corrected chi connectivity index (χ4v) is 3.89. The first kappa shape index (κ1) is 21.6. The van der Waals surface area contributed by atoms with E-state index in [0.717, 1.165) is 37.8 Å². The quantitative estimate of drug-likeness (QED) is 0.374. The topological polar surface area (TPSA) is 51.1 Å². The van der Waals surface area contributed by atoms with Gasteiger partial charge >= 0.3 is 0 Å². The molecule has 2 aromatic carbocycles. The third-order valence-electron chi connectivity index (χ3n) is 5.49. The van der Waals surface area contributed by atoms with Crippen LogP contribution in [0, 0.1) is 11.6 Å². The smallest absolute Gasteiger partial charge is 0.194 e. The van der Waals surface area contributed by atoms with Crippen LogP contribution in [-0.4, -0.2) is 55.2 Å². The molecule has 1 saturated heterocycles. The highest BCUT2D eigenvalue weighted by Gasteiger charge is 2.43. The fraction of sp³-hybridized carbons (Fsp3) is 0.381. The van der Waals surface area contributed by atoms with Gasteiger partial charge in [-0.2, -0.15) is 0 Å².